The van der Waals surface area contributed by atoms with Crippen molar-refractivity contribution in [2.45, 2.75) is 32.6 Å². The van der Waals surface area contributed by atoms with E-state index >= 15 is 0 Å². The number of nitrogens with one attached hydrogen (secondary N) is 1. The number of amides is 1. The third kappa shape index (κ3) is 2.23. The third-order valence-corrected chi connectivity index (χ3v) is 4.29. The zero-order chi connectivity index (χ0) is 13.4. The number of fused-ring (bicyclic) bond motifs is 2. The SMILES string of the molecule is Cc1cccc(C(=O)N/N=C2/C[C@@H]3CC[C@@H]2C3)c1O. The van der Waals surface area contributed by atoms with E-state index < -0.39 is 0 Å². The monoisotopic (exact) mass is 258 g/mol. The highest BCUT2D eigenvalue weighted by Crippen LogP contribution is 2.42. The largest absolute Gasteiger partial charge is 0.507 e. The number of phenols is 1. The number of nitrogens with zero attached hydrogens (tertiary/aromatic N) is 1. The molecule has 0 spiro atoms. The Kier molecular flexibility index (Phi) is 3.01. The second-order valence-corrected chi connectivity index (χ2v) is 5.60. The molecule has 2 saturated carbocycles. The summed E-state index contributed by atoms with van der Waals surface area (Å²) in [4.78, 5) is 12.0. The van der Waals surface area contributed by atoms with Gasteiger partial charge < -0.3 is 5.11 Å². The predicted molar refractivity (Wildman–Crippen MR) is 73.2 cm³/mol. The summed E-state index contributed by atoms with van der Waals surface area (Å²) in [6.45, 7) is 1.77. The van der Waals surface area contributed by atoms with E-state index in [1.165, 1.54) is 19.3 Å². The number of hydrazone groups is 1. The number of carbonyl (C=O) groups excluding carboxylic acids is 1. The van der Waals surface area contributed by atoms with Crippen LogP contribution in [0.15, 0.2) is 23.3 Å². The molecular formula is C15H18N2O2. The summed E-state index contributed by atoms with van der Waals surface area (Å²) in [5.41, 5.74) is 4.68. The maximum absolute atomic E-state index is 12.0. The van der Waals surface area contributed by atoms with Crippen LogP contribution in [0.25, 0.3) is 0 Å². The number of para-hydroxylation sites is 1. The summed E-state index contributed by atoms with van der Waals surface area (Å²) < 4.78 is 0. The van der Waals surface area contributed by atoms with Gasteiger partial charge in [0, 0.05) is 5.71 Å². The van der Waals surface area contributed by atoms with Gasteiger partial charge in [0.15, 0.2) is 0 Å². The van der Waals surface area contributed by atoms with E-state index in [0.717, 1.165) is 18.1 Å². The van der Waals surface area contributed by atoms with Gasteiger partial charge in [-0.3, -0.25) is 4.79 Å². The second-order valence-electron chi connectivity index (χ2n) is 5.60. The Morgan fingerprint density at radius 2 is 2.26 bits per heavy atom. The first-order chi connectivity index (χ1) is 9.15. The predicted octanol–water partition coefficient (Wildman–Crippen LogP) is 2.61. The maximum Gasteiger partial charge on any atom is 0.275 e. The third-order valence-electron chi connectivity index (χ3n) is 4.29. The Hall–Kier alpha value is -1.84. The molecule has 2 aliphatic rings. The minimum atomic E-state index is -0.337. The van der Waals surface area contributed by atoms with Crippen molar-refractivity contribution in [2.75, 3.05) is 0 Å². The first kappa shape index (κ1) is 12.2. The number of benzene rings is 1. The highest BCUT2D eigenvalue weighted by Gasteiger charge is 2.36. The van der Waals surface area contributed by atoms with Gasteiger partial charge in [-0.05, 0) is 56.1 Å². The molecule has 1 aromatic carbocycles. The molecule has 0 heterocycles. The van der Waals surface area contributed by atoms with Crippen molar-refractivity contribution in [1.82, 2.24) is 5.43 Å². The first-order valence-electron chi connectivity index (χ1n) is 6.80. The van der Waals surface area contributed by atoms with Crippen LogP contribution in [-0.2, 0) is 0 Å². The van der Waals surface area contributed by atoms with Crippen LogP contribution in [0.5, 0.6) is 5.75 Å². The molecule has 0 aliphatic heterocycles. The molecule has 0 unspecified atom stereocenters. The Morgan fingerprint density at radius 1 is 1.42 bits per heavy atom. The van der Waals surface area contributed by atoms with Gasteiger partial charge in [0.05, 0.1) is 5.56 Å². The standard InChI is InChI=1S/C15H18N2O2/c1-9-3-2-4-12(14(9)18)15(19)17-16-13-8-10-5-6-11(13)7-10/h2-4,10-11,18H,5-8H2,1H3,(H,17,19)/b16-13-/t10-,11-/m1/s1. The van der Waals surface area contributed by atoms with Gasteiger partial charge in [-0.25, -0.2) is 5.43 Å². The lowest BCUT2D eigenvalue weighted by Gasteiger charge is -2.12. The number of phenolic OH excluding ortho intramolecular Hbond substituents is 1. The molecule has 1 amide bonds. The van der Waals surface area contributed by atoms with Crippen LogP contribution in [0, 0.1) is 18.8 Å². The number of aryl methyl sites for hydroxylation is 1. The molecule has 0 saturated heterocycles. The van der Waals surface area contributed by atoms with Crippen molar-refractivity contribution in [3.63, 3.8) is 0 Å². The maximum atomic E-state index is 12.0. The number of rotatable bonds is 2. The number of hydrogen-bond donors (Lipinski definition) is 2. The molecule has 19 heavy (non-hydrogen) atoms. The van der Waals surface area contributed by atoms with E-state index in [4.69, 9.17) is 0 Å². The smallest absolute Gasteiger partial charge is 0.275 e. The Balaban J connectivity index is 1.72. The fourth-order valence-corrected chi connectivity index (χ4v) is 3.19. The molecule has 2 fully saturated rings. The van der Waals surface area contributed by atoms with Crippen molar-refractivity contribution in [1.29, 1.82) is 0 Å². The summed E-state index contributed by atoms with van der Waals surface area (Å²) in [7, 11) is 0. The minimum Gasteiger partial charge on any atom is -0.507 e. The minimum absolute atomic E-state index is 0.0353. The highest BCUT2D eigenvalue weighted by atomic mass is 16.3. The van der Waals surface area contributed by atoms with Gasteiger partial charge in [0.1, 0.15) is 5.75 Å². The Morgan fingerprint density at radius 3 is 2.95 bits per heavy atom. The summed E-state index contributed by atoms with van der Waals surface area (Å²) >= 11 is 0. The van der Waals surface area contributed by atoms with Crippen molar-refractivity contribution >= 4 is 11.6 Å². The molecule has 2 aliphatic carbocycles. The molecule has 100 valence electrons. The van der Waals surface area contributed by atoms with Crippen LogP contribution >= 0.6 is 0 Å². The molecule has 0 radical (unpaired) electrons. The lowest BCUT2D eigenvalue weighted by Crippen LogP contribution is -2.22. The summed E-state index contributed by atoms with van der Waals surface area (Å²) in [5.74, 6) is 1.04. The van der Waals surface area contributed by atoms with Crippen LogP contribution < -0.4 is 5.43 Å². The summed E-state index contributed by atoms with van der Waals surface area (Å²) in [5, 5.41) is 14.1. The summed E-state index contributed by atoms with van der Waals surface area (Å²) in [6.07, 6.45) is 4.75. The molecular weight excluding hydrogens is 240 g/mol. The molecule has 4 heteroatoms. The Labute approximate surface area is 112 Å². The summed E-state index contributed by atoms with van der Waals surface area (Å²) in [6, 6.07) is 5.14. The zero-order valence-electron chi connectivity index (χ0n) is 11.0. The van der Waals surface area contributed by atoms with Gasteiger partial charge in [0.25, 0.3) is 5.91 Å². The molecule has 2 bridgehead atoms. The molecule has 2 N–H and O–H groups in total. The fourth-order valence-electron chi connectivity index (χ4n) is 3.19. The van der Waals surface area contributed by atoms with Crippen molar-refractivity contribution in [2.24, 2.45) is 16.9 Å². The average molecular weight is 258 g/mol. The van der Waals surface area contributed by atoms with Crippen molar-refractivity contribution in [3.8, 4) is 5.75 Å². The fraction of sp³-hybridized carbons (Fsp3) is 0.467. The molecule has 2 atom stereocenters. The lowest BCUT2D eigenvalue weighted by molar-refractivity contribution is 0.0951. The van der Waals surface area contributed by atoms with Gasteiger partial charge >= 0.3 is 0 Å². The van der Waals surface area contributed by atoms with Crippen LogP contribution in [-0.4, -0.2) is 16.7 Å². The number of aromatic hydroxyl groups is 1. The van der Waals surface area contributed by atoms with Crippen LogP contribution in [0.2, 0.25) is 0 Å². The second kappa shape index (κ2) is 4.68. The van der Waals surface area contributed by atoms with Gasteiger partial charge in [-0.15, -0.1) is 0 Å². The van der Waals surface area contributed by atoms with E-state index in [1.807, 2.05) is 0 Å². The quantitative estimate of drug-likeness (QED) is 0.801. The Bertz CT molecular complexity index is 551. The molecule has 4 nitrogen and oxygen atoms in total. The molecule has 1 aromatic rings. The van der Waals surface area contributed by atoms with Crippen molar-refractivity contribution in [3.05, 3.63) is 29.3 Å². The van der Waals surface area contributed by atoms with E-state index in [9.17, 15) is 9.90 Å². The number of hydrogen-bond acceptors (Lipinski definition) is 3. The van der Waals surface area contributed by atoms with E-state index in [2.05, 4.69) is 10.5 Å². The normalized spacial score (nSPS) is 26.9. The van der Waals surface area contributed by atoms with Crippen LogP contribution in [0.4, 0.5) is 0 Å². The van der Waals surface area contributed by atoms with E-state index in [0.29, 0.717) is 11.5 Å². The van der Waals surface area contributed by atoms with Gasteiger partial charge in [0.2, 0.25) is 0 Å². The topological polar surface area (TPSA) is 61.7 Å². The van der Waals surface area contributed by atoms with Crippen LogP contribution in [0.1, 0.15) is 41.6 Å². The lowest BCUT2D eigenvalue weighted by atomic mass is 9.99. The van der Waals surface area contributed by atoms with E-state index in [-0.39, 0.29) is 17.2 Å². The number of carbonyl (C=O) groups is 1. The molecule has 3 rings (SSSR count). The van der Waals surface area contributed by atoms with Gasteiger partial charge in [-0.1, -0.05) is 12.1 Å². The van der Waals surface area contributed by atoms with E-state index in [1.54, 1.807) is 25.1 Å². The van der Waals surface area contributed by atoms with Gasteiger partial charge in [-0.2, -0.15) is 5.10 Å². The highest BCUT2D eigenvalue weighted by molar-refractivity contribution is 5.98. The van der Waals surface area contributed by atoms with Crippen LogP contribution in [0.3, 0.4) is 0 Å². The van der Waals surface area contributed by atoms with Crippen molar-refractivity contribution < 1.29 is 9.90 Å². The molecule has 0 aromatic heterocycles. The average Bonchev–Trinajstić information content (AvgIpc) is 3.01. The first-order valence-corrected chi connectivity index (χ1v) is 6.80. The zero-order valence-corrected chi connectivity index (χ0v) is 11.0.